The molecule has 0 rings (SSSR count). The number of carbonyl (C=O) groups excluding carboxylic acids is 2. The maximum Gasteiger partial charge on any atom is 0.306 e. The van der Waals surface area contributed by atoms with Gasteiger partial charge in [-0.25, -0.2) is 0 Å². The van der Waals surface area contributed by atoms with Crippen LogP contribution in [0, 0.1) is 0 Å². The summed E-state index contributed by atoms with van der Waals surface area (Å²) in [7, 11) is 1.16. The first-order chi connectivity index (χ1) is 23.5. The van der Waals surface area contributed by atoms with E-state index in [1.807, 2.05) is 21.1 Å². The fourth-order valence-corrected chi connectivity index (χ4v) is 5.82. The molecule has 0 aromatic rings. The van der Waals surface area contributed by atoms with Crippen molar-refractivity contribution < 1.29 is 42.1 Å². The molecule has 0 radical (unpaired) electrons. The highest BCUT2D eigenvalue weighted by Gasteiger charge is 2.21. The number of hydrogen-bond acceptors (Lipinski definition) is 8. The molecule has 0 aliphatic heterocycles. The molecule has 49 heavy (non-hydrogen) atoms. The van der Waals surface area contributed by atoms with E-state index in [-0.39, 0.29) is 26.1 Å². The van der Waals surface area contributed by atoms with Crippen molar-refractivity contribution in [2.75, 3.05) is 47.5 Å². The van der Waals surface area contributed by atoms with Crippen molar-refractivity contribution in [3.8, 4) is 0 Å². The van der Waals surface area contributed by atoms with Crippen LogP contribution >= 0.6 is 7.82 Å². The molecule has 0 spiro atoms. The first kappa shape index (κ1) is 47.5. The number of hydrogen-bond donors (Lipinski definition) is 0. The van der Waals surface area contributed by atoms with Gasteiger partial charge < -0.3 is 27.9 Å². The Bertz CT molecular complexity index is 902. The van der Waals surface area contributed by atoms with Crippen molar-refractivity contribution in [2.24, 2.45) is 0 Å². The fraction of sp³-hybridized carbons (Fsp3) is 0.846. The van der Waals surface area contributed by atoms with Gasteiger partial charge in [-0.1, -0.05) is 128 Å². The van der Waals surface area contributed by atoms with Gasteiger partial charge in [-0.05, 0) is 44.9 Å². The Morgan fingerprint density at radius 1 is 0.633 bits per heavy atom. The largest absolute Gasteiger partial charge is 0.756 e. The number of rotatable bonds is 35. The van der Waals surface area contributed by atoms with Gasteiger partial charge in [0.2, 0.25) is 0 Å². The maximum absolute atomic E-state index is 12.6. The van der Waals surface area contributed by atoms with E-state index in [1.54, 1.807) is 0 Å². The quantitative estimate of drug-likeness (QED) is 0.0210. The van der Waals surface area contributed by atoms with Gasteiger partial charge in [-0.3, -0.25) is 14.2 Å². The van der Waals surface area contributed by atoms with Crippen LogP contribution in [-0.4, -0.2) is 70.0 Å². The molecule has 0 aromatic heterocycles. The van der Waals surface area contributed by atoms with Crippen LogP contribution in [0.1, 0.15) is 162 Å². The minimum Gasteiger partial charge on any atom is -0.756 e. The fourth-order valence-electron chi connectivity index (χ4n) is 5.09. The van der Waals surface area contributed by atoms with Crippen molar-refractivity contribution in [3.05, 3.63) is 24.3 Å². The van der Waals surface area contributed by atoms with Crippen molar-refractivity contribution >= 4 is 19.8 Å². The number of likely N-dealkylation sites (N-methyl/N-ethyl adjacent to an activating group) is 1. The molecule has 2 atom stereocenters. The molecule has 9 nitrogen and oxygen atoms in total. The molecule has 0 saturated heterocycles. The highest BCUT2D eigenvalue weighted by molar-refractivity contribution is 7.45. The molecule has 288 valence electrons. The number of carbonyl (C=O) groups is 2. The lowest BCUT2D eigenvalue weighted by molar-refractivity contribution is -0.870. The molecular formula is C39H74NO8P. The Morgan fingerprint density at radius 3 is 1.65 bits per heavy atom. The first-order valence-corrected chi connectivity index (χ1v) is 21.0. The van der Waals surface area contributed by atoms with Crippen LogP contribution in [0.2, 0.25) is 0 Å². The average molecular weight is 716 g/mol. The van der Waals surface area contributed by atoms with Gasteiger partial charge in [0.25, 0.3) is 7.82 Å². The lowest BCUT2D eigenvalue weighted by Gasteiger charge is -2.28. The monoisotopic (exact) mass is 716 g/mol. The number of ether oxygens (including phenoxy) is 2. The molecule has 0 saturated carbocycles. The summed E-state index contributed by atoms with van der Waals surface area (Å²) in [5.41, 5.74) is 0. The van der Waals surface area contributed by atoms with Crippen LogP contribution in [0.4, 0.5) is 0 Å². The zero-order valence-electron chi connectivity index (χ0n) is 32.1. The number of quaternary nitrogens is 1. The number of esters is 2. The van der Waals surface area contributed by atoms with Crippen LogP contribution in [0.25, 0.3) is 0 Å². The van der Waals surface area contributed by atoms with Crippen LogP contribution in [-0.2, 0) is 32.7 Å². The summed E-state index contributed by atoms with van der Waals surface area (Å²) in [6, 6.07) is 0. The zero-order valence-corrected chi connectivity index (χ0v) is 33.0. The van der Waals surface area contributed by atoms with Gasteiger partial charge in [0.1, 0.15) is 19.8 Å². The summed E-state index contributed by atoms with van der Waals surface area (Å²) in [6.07, 6.45) is 32.1. The summed E-state index contributed by atoms with van der Waals surface area (Å²) in [5.74, 6) is -0.847. The van der Waals surface area contributed by atoms with E-state index in [1.165, 1.54) is 77.0 Å². The Morgan fingerprint density at radius 2 is 1.10 bits per heavy atom. The van der Waals surface area contributed by atoms with E-state index in [0.717, 1.165) is 51.4 Å². The van der Waals surface area contributed by atoms with E-state index < -0.39 is 32.5 Å². The standard InChI is InChI=1S/C39H74NO8P/c1-6-8-10-12-14-16-17-18-19-20-21-22-23-24-26-28-30-32-39(42)48-37(36-47-49(43,44)46-34-33-40(3,4)5)35-45-38(41)31-29-27-25-15-13-11-9-7-2/h14,16,18-19,37H,6-13,15,17,20-36H2,1-5H3/b16-14-,19-18-. The number of unbranched alkanes of at least 4 members (excludes halogenated alkanes) is 17. The molecule has 0 bridgehead atoms. The smallest absolute Gasteiger partial charge is 0.306 e. The van der Waals surface area contributed by atoms with Gasteiger partial charge in [0.15, 0.2) is 6.10 Å². The van der Waals surface area contributed by atoms with Crippen LogP contribution < -0.4 is 4.89 Å². The normalized spacial score (nSPS) is 14.0. The number of nitrogens with zero attached hydrogens (tertiary/aromatic N) is 1. The Labute approximate surface area is 300 Å². The molecule has 0 aliphatic carbocycles. The van der Waals surface area contributed by atoms with Gasteiger partial charge in [-0.2, -0.15) is 0 Å². The van der Waals surface area contributed by atoms with E-state index in [9.17, 15) is 19.0 Å². The van der Waals surface area contributed by atoms with Crippen molar-refractivity contribution in [3.63, 3.8) is 0 Å². The van der Waals surface area contributed by atoms with Crippen LogP contribution in [0.3, 0.4) is 0 Å². The van der Waals surface area contributed by atoms with E-state index in [2.05, 4.69) is 38.2 Å². The number of phosphoric ester groups is 1. The van der Waals surface area contributed by atoms with Gasteiger partial charge in [-0.15, -0.1) is 0 Å². The second-order valence-corrected chi connectivity index (χ2v) is 15.7. The second-order valence-electron chi connectivity index (χ2n) is 14.3. The molecule has 0 aliphatic rings. The molecule has 0 amide bonds. The van der Waals surface area contributed by atoms with Crippen LogP contribution in [0.5, 0.6) is 0 Å². The minimum absolute atomic E-state index is 0.0313. The lowest BCUT2D eigenvalue weighted by Crippen LogP contribution is -2.37. The summed E-state index contributed by atoms with van der Waals surface area (Å²) < 4.78 is 33.7. The number of allylic oxidation sites excluding steroid dienone is 4. The van der Waals surface area contributed by atoms with Crippen molar-refractivity contribution in [1.82, 2.24) is 0 Å². The third-order valence-electron chi connectivity index (χ3n) is 8.22. The Hall–Kier alpha value is -1.51. The Kier molecular flexibility index (Phi) is 31.4. The summed E-state index contributed by atoms with van der Waals surface area (Å²) >= 11 is 0. The summed E-state index contributed by atoms with van der Waals surface area (Å²) in [5, 5.41) is 0. The predicted molar refractivity (Wildman–Crippen MR) is 199 cm³/mol. The Balaban J connectivity index is 4.38. The predicted octanol–water partition coefficient (Wildman–Crippen LogP) is 9.77. The minimum atomic E-state index is -4.61. The molecule has 0 fully saturated rings. The molecule has 0 aromatic carbocycles. The molecule has 2 unspecified atom stereocenters. The van der Waals surface area contributed by atoms with Gasteiger partial charge >= 0.3 is 11.9 Å². The molecule has 0 N–H and O–H groups in total. The third-order valence-corrected chi connectivity index (χ3v) is 9.19. The SMILES string of the molecule is CCCCC/C=C\C/C=C\CCCCCCCCCC(=O)OC(COC(=O)CCCCCCCCCC)COP(=O)([O-])OCC[N+](C)(C)C. The summed E-state index contributed by atoms with van der Waals surface area (Å²) in [4.78, 5) is 37.2. The van der Waals surface area contributed by atoms with Crippen molar-refractivity contribution in [1.29, 1.82) is 0 Å². The van der Waals surface area contributed by atoms with E-state index >= 15 is 0 Å². The van der Waals surface area contributed by atoms with E-state index in [0.29, 0.717) is 17.4 Å². The van der Waals surface area contributed by atoms with E-state index in [4.69, 9.17) is 18.5 Å². The topological polar surface area (TPSA) is 111 Å². The summed E-state index contributed by atoms with van der Waals surface area (Å²) in [6.45, 7) is 4.15. The average Bonchev–Trinajstić information content (AvgIpc) is 3.04. The first-order valence-electron chi connectivity index (χ1n) is 19.5. The van der Waals surface area contributed by atoms with Crippen molar-refractivity contribution in [2.45, 2.75) is 168 Å². The lowest BCUT2D eigenvalue weighted by atomic mass is 10.1. The molecular weight excluding hydrogens is 641 g/mol. The molecule has 0 heterocycles. The van der Waals surface area contributed by atoms with Crippen LogP contribution in [0.15, 0.2) is 24.3 Å². The number of phosphoric acid groups is 1. The highest BCUT2D eigenvalue weighted by atomic mass is 31.2. The maximum atomic E-state index is 12.6. The zero-order chi connectivity index (χ0) is 36.5. The highest BCUT2D eigenvalue weighted by Crippen LogP contribution is 2.38. The molecule has 10 heteroatoms. The third kappa shape index (κ3) is 36.1. The van der Waals surface area contributed by atoms with Gasteiger partial charge in [0.05, 0.1) is 27.7 Å². The second kappa shape index (κ2) is 32.4. The van der Waals surface area contributed by atoms with Gasteiger partial charge in [0, 0.05) is 12.8 Å².